The predicted molar refractivity (Wildman–Crippen MR) is 85.3 cm³/mol. The van der Waals surface area contributed by atoms with E-state index in [-0.39, 0.29) is 5.78 Å². The Morgan fingerprint density at radius 3 is 2.57 bits per heavy atom. The number of benzene rings is 2. The van der Waals surface area contributed by atoms with Crippen molar-refractivity contribution in [3.63, 3.8) is 0 Å². The minimum atomic E-state index is -0.509. The second-order valence-electron chi connectivity index (χ2n) is 5.01. The fourth-order valence-corrected chi connectivity index (χ4v) is 1.92. The van der Waals surface area contributed by atoms with Crippen molar-refractivity contribution in [2.75, 3.05) is 5.32 Å². The lowest BCUT2D eigenvalue weighted by molar-refractivity contribution is 0.104. The van der Waals surface area contributed by atoms with Crippen LogP contribution in [0.15, 0.2) is 60.8 Å². The van der Waals surface area contributed by atoms with Crippen molar-refractivity contribution in [3.8, 4) is 0 Å². The summed E-state index contributed by atoms with van der Waals surface area (Å²) in [5.41, 5.74) is 3.46. The number of anilines is 1. The number of carbonyl (C=O) groups excluding carboxylic acids is 1. The van der Waals surface area contributed by atoms with Crippen LogP contribution < -0.4 is 5.32 Å². The van der Waals surface area contributed by atoms with Crippen LogP contribution in [-0.2, 0) is 0 Å². The molecular weight excluding hydrogens is 262 g/mol. The molecule has 0 saturated heterocycles. The lowest BCUT2D eigenvalue weighted by Crippen LogP contribution is -1.97. The average molecular weight is 281 g/mol. The zero-order valence-electron chi connectivity index (χ0n) is 12.2. The van der Waals surface area contributed by atoms with Gasteiger partial charge >= 0.3 is 0 Å². The first-order valence-electron chi connectivity index (χ1n) is 6.88. The van der Waals surface area contributed by atoms with Crippen LogP contribution in [0, 0.1) is 6.92 Å². The molecule has 1 atom stereocenters. The van der Waals surface area contributed by atoms with Gasteiger partial charge in [-0.2, -0.15) is 0 Å². The molecule has 0 radical (unpaired) electrons. The summed E-state index contributed by atoms with van der Waals surface area (Å²) in [6.45, 7) is 3.71. The first-order valence-corrected chi connectivity index (χ1v) is 6.88. The van der Waals surface area contributed by atoms with Crippen molar-refractivity contribution >= 4 is 11.5 Å². The molecule has 0 amide bonds. The van der Waals surface area contributed by atoms with E-state index in [9.17, 15) is 9.90 Å². The second-order valence-corrected chi connectivity index (χ2v) is 5.01. The van der Waals surface area contributed by atoms with Gasteiger partial charge in [0.1, 0.15) is 0 Å². The highest BCUT2D eigenvalue weighted by Crippen LogP contribution is 2.17. The SMILES string of the molecule is Cc1ccc(C(=O)/C=C/Nc2cccc([C@@H](C)O)c2)cc1. The van der Waals surface area contributed by atoms with Gasteiger partial charge in [-0.15, -0.1) is 0 Å². The maximum atomic E-state index is 12.0. The third kappa shape index (κ3) is 4.29. The topological polar surface area (TPSA) is 49.3 Å². The highest BCUT2D eigenvalue weighted by molar-refractivity contribution is 6.04. The molecule has 0 aliphatic carbocycles. The summed E-state index contributed by atoms with van der Waals surface area (Å²) in [6.07, 6.45) is 2.60. The summed E-state index contributed by atoms with van der Waals surface area (Å²) in [6, 6.07) is 14.9. The molecule has 2 aromatic rings. The standard InChI is InChI=1S/C18H19NO2/c1-13-6-8-15(9-7-13)18(21)10-11-19-17-5-3-4-16(12-17)14(2)20/h3-12,14,19-20H,1-2H3/b11-10+/t14-/m1/s1. The Kier molecular flexibility index (Phi) is 4.90. The molecule has 0 bridgehead atoms. The molecule has 108 valence electrons. The Hall–Kier alpha value is -2.39. The maximum Gasteiger partial charge on any atom is 0.187 e. The van der Waals surface area contributed by atoms with Crippen molar-refractivity contribution in [1.82, 2.24) is 0 Å². The van der Waals surface area contributed by atoms with Gasteiger partial charge in [-0.05, 0) is 31.5 Å². The number of hydrogen-bond donors (Lipinski definition) is 2. The number of carbonyl (C=O) groups is 1. The van der Waals surface area contributed by atoms with Crippen LogP contribution in [0.4, 0.5) is 5.69 Å². The Bertz CT molecular complexity index is 643. The van der Waals surface area contributed by atoms with Gasteiger partial charge in [0.25, 0.3) is 0 Å². The van der Waals surface area contributed by atoms with E-state index in [0.717, 1.165) is 16.8 Å². The quantitative estimate of drug-likeness (QED) is 0.646. The van der Waals surface area contributed by atoms with E-state index in [4.69, 9.17) is 0 Å². The van der Waals surface area contributed by atoms with Crippen LogP contribution in [0.3, 0.4) is 0 Å². The summed E-state index contributed by atoms with van der Waals surface area (Å²) in [7, 11) is 0. The highest BCUT2D eigenvalue weighted by Gasteiger charge is 2.02. The molecule has 21 heavy (non-hydrogen) atoms. The first-order chi connectivity index (χ1) is 10.1. The molecule has 0 aromatic heterocycles. The fraction of sp³-hybridized carbons (Fsp3) is 0.167. The summed E-state index contributed by atoms with van der Waals surface area (Å²) >= 11 is 0. The monoisotopic (exact) mass is 281 g/mol. The van der Waals surface area contributed by atoms with Crippen LogP contribution in [-0.4, -0.2) is 10.9 Å². The minimum Gasteiger partial charge on any atom is -0.389 e. The normalized spacial score (nSPS) is 12.3. The molecule has 0 fully saturated rings. The molecule has 2 aromatic carbocycles. The van der Waals surface area contributed by atoms with Gasteiger partial charge in [0.15, 0.2) is 5.78 Å². The van der Waals surface area contributed by atoms with E-state index in [1.165, 1.54) is 6.08 Å². The number of hydrogen-bond acceptors (Lipinski definition) is 3. The molecular formula is C18H19NO2. The Balaban J connectivity index is 2.00. The third-order valence-electron chi connectivity index (χ3n) is 3.19. The average Bonchev–Trinajstić information content (AvgIpc) is 2.48. The Labute approximate surface area is 124 Å². The van der Waals surface area contributed by atoms with E-state index in [1.807, 2.05) is 55.5 Å². The van der Waals surface area contributed by atoms with Gasteiger partial charge in [0, 0.05) is 23.5 Å². The van der Waals surface area contributed by atoms with Gasteiger partial charge in [-0.25, -0.2) is 0 Å². The van der Waals surface area contributed by atoms with Crippen LogP contribution in [0.2, 0.25) is 0 Å². The smallest absolute Gasteiger partial charge is 0.187 e. The largest absolute Gasteiger partial charge is 0.389 e. The van der Waals surface area contributed by atoms with E-state index >= 15 is 0 Å². The zero-order valence-corrected chi connectivity index (χ0v) is 12.2. The molecule has 0 spiro atoms. The van der Waals surface area contributed by atoms with Crippen LogP contribution >= 0.6 is 0 Å². The van der Waals surface area contributed by atoms with Gasteiger partial charge in [-0.1, -0.05) is 42.0 Å². The van der Waals surface area contributed by atoms with Gasteiger partial charge < -0.3 is 10.4 Å². The van der Waals surface area contributed by atoms with E-state index < -0.39 is 6.10 Å². The zero-order chi connectivity index (χ0) is 15.2. The Morgan fingerprint density at radius 1 is 1.19 bits per heavy atom. The minimum absolute atomic E-state index is 0.0471. The molecule has 0 unspecified atom stereocenters. The Morgan fingerprint density at radius 2 is 1.90 bits per heavy atom. The number of ketones is 1. The predicted octanol–water partition coefficient (Wildman–Crippen LogP) is 3.86. The molecule has 0 aliphatic heterocycles. The van der Waals surface area contributed by atoms with E-state index in [0.29, 0.717) is 5.56 Å². The van der Waals surface area contributed by atoms with Crippen molar-refractivity contribution < 1.29 is 9.90 Å². The van der Waals surface area contributed by atoms with Crippen molar-refractivity contribution in [2.45, 2.75) is 20.0 Å². The van der Waals surface area contributed by atoms with Crippen LogP contribution in [0.5, 0.6) is 0 Å². The highest BCUT2D eigenvalue weighted by atomic mass is 16.3. The summed E-state index contributed by atoms with van der Waals surface area (Å²) in [5.74, 6) is -0.0471. The van der Waals surface area contributed by atoms with Crippen molar-refractivity contribution in [2.24, 2.45) is 0 Å². The summed E-state index contributed by atoms with van der Waals surface area (Å²) in [5, 5.41) is 12.6. The van der Waals surface area contributed by atoms with E-state index in [1.54, 1.807) is 13.1 Å². The summed E-state index contributed by atoms with van der Waals surface area (Å²) < 4.78 is 0. The molecule has 2 N–H and O–H groups in total. The van der Waals surface area contributed by atoms with Gasteiger partial charge in [0.05, 0.1) is 6.10 Å². The number of aliphatic hydroxyl groups is 1. The molecule has 2 rings (SSSR count). The van der Waals surface area contributed by atoms with Crippen LogP contribution in [0.25, 0.3) is 0 Å². The molecule has 3 heteroatoms. The lowest BCUT2D eigenvalue weighted by atomic mass is 10.1. The third-order valence-corrected chi connectivity index (χ3v) is 3.19. The first kappa shape index (κ1) is 15.0. The summed E-state index contributed by atoms with van der Waals surface area (Å²) in [4.78, 5) is 12.0. The van der Waals surface area contributed by atoms with Crippen molar-refractivity contribution in [1.29, 1.82) is 0 Å². The van der Waals surface area contributed by atoms with E-state index in [2.05, 4.69) is 5.32 Å². The van der Waals surface area contributed by atoms with Gasteiger partial charge in [-0.3, -0.25) is 4.79 Å². The maximum absolute atomic E-state index is 12.0. The van der Waals surface area contributed by atoms with Gasteiger partial charge in [0.2, 0.25) is 0 Å². The molecule has 0 heterocycles. The number of nitrogens with one attached hydrogen (secondary N) is 1. The molecule has 3 nitrogen and oxygen atoms in total. The lowest BCUT2D eigenvalue weighted by Gasteiger charge is -2.07. The number of aliphatic hydroxyl groups excluding tert-OH is 1. The number of rotatable bonds is 5. The van der Waals surface area contributed by atoms with Crippen molar-refractivity contribution in [3.05, 3.63) is 77.5 Å². The fourth-order valence-electron chi connectivity index (χ4n) is 1.92. The van der Waals surface area contributed by atoms with Crippen LogP contribution in [0.1, 0.15) is 34.5 Å². The molecule has 0 saturated carbocycles. The second kappa shape index (κ2) is 6.86. The number of aryl methyl sites for hydroxylation is 1. The molecule has 0 aliphatic rings. The number of allylic oxidation sites excluding steroid dienone is 1.